The summed E-state index contributed by atoms with van der Waals surface area (Å²) in [6, 6.07) is 0. The van der Waals surface area contributed by atoms with Crippen molar-refractivity contribution in [3.63, 3.8) is 0 Å². The van der Waals surface area contributed by atoms with Crippen molar-refractivity contribution < 1.29 is 4.74 Å². The molecule has 0 atom stereocenters. The first-order valence-electron chi connectivity index (χ1n) is 4.39. The van der Waals surface area contributed by atoms with E-state index in [-0.39, 0.29) is 5.60 Å². The van der Waals surface area contributed by atoms with Crippen LogP contribution in [0.2, 0.25) is 0 Å². The normalized spacial score (nSPS) is 31.6. The zero-order valence-electron chi connectivity index (χ0n) is 7.76. The molecule has 0 aromatic heterocycles. The molecule has 0 aromatic carbocycles. The summed E-state index contributed by atoms with van der Waals surface area (Å²) in [5.41, 5.74) is 5.52. The lowest BCUT2D eigenvalue weighted by Crippen LogP contribution is -2.40. The third-order valence-electron chi connectivity index (χ3n) is 2.05. The van der Waals surface area contributed by atoms with Gasteiger partial charge in [-0.2, -0.15) is 0 Å². The third-order valence-corrected chi connectivity index (χ3v) is 2.05. The minimum Gasteiger partial charge on any atom is -0.373 e. The van der Waals surface area contributed by atoms with Gasteiger partial charge in [-0.3, -0.25) is 0 Å². The van der Waals surface area contributed by atoms with Gasteiger partial charge < -0.3 is 10.5 Å². The summed E-state index contributed by atoms with van der Waals surface area (Å²) in [7, 11) is 0. The molecule has 0 radical (unpaired) electrons. The van der Waals surface area contributed by atoms with E-state index in [2.05, 4.69) is 20.8 Å². The van der Waals surface area contributed by atoms with Gasteiger partial charge >= 0.3 is 0 Å². The van der Waals surface area contributed by atoms with E-state index in [0.29, 0.717) is 6.10 Å². The zero-order valence-corrected chi connectivity index (χ0v) is 7.76. The Hall–Kier alpha value is -0.0800. The quantitative estimate of drug-likeness (QED) is 0.660. The molecular weight excluding hydrogens is 138 g/mol. The summed E-state index contributed by atoms with van der Waals surface area (Å²) in [6.45, 7) is 7.12. The molecule has 1 saturated carbocycles. The highest BCUT2D eigenvalue weighted by Crippen LogP contribution is 2.31. The number of nitrogens with two attached hydrogens (primary N) is 1. The Morgan fingerprint density at radius 1 is 1.36 bits per heavy atom. The Bertz CT molecular complexity index is 122. The maximum absolute atomic E-state index is 5.75. The Balaban J connectivity index is 2.14. The molecule has 1 rings (SSSR count). The Morgan fingerprint density at radius 2 is 1.91 bits per heavy atom. The van der Waals surface area contributed by atoms with Crippen LogP contribution in [-0.4, -0.2) is 18.2 Å². The molecule has 2 N–H and O–H groups in total. The Kier molecular flexibility index (Phi) is 2.55. The van der Waals surface area contributed by atoms with E-state index in [1.807, 2.05) is 0 Å². The van der Waals surface area contributed by atoms with Crippen LogP contribution < -0.4 is 5.73 Å². The molecule has 0 aromatic rings. The second kappa shape index (κ2) is 3.11. The van der Waals surface area contributed by atoms with Crippen LogP contribution in [0, 0.1) is 5.92 Å². The van der Waals surface area contributed by atoms with Crippen molar-refractivity contribution in [1.29, 1.82) is 0 Å². The fourth-order valence-electron chi connectivity index (χ4n) is 1.46. The summed E-state index contributed by atoms with van der Waals surface area (Å²) >= 11 is 0. The number of hydrogen-bond acceptors (Lipinski definition) is 2. The second-order valence-corrected chi connectivity index (χ2v) is 4.43. The highest BCUT2D eigenvalue weighted by atomic mass is 16.5. The molecule has 1 aliphatic rings. The first-order valence-corrected chi connectivity index (χ1v) is 4.39. The van der Waals surface area contributed by atoms with Gasteiger partial charge in [0.1, 0.15) is 0 Å². The Labute approximate surface area is 69.1 Å². The van der Waals surface area contributed by atoms with Gasteiger partial charge in [-0.1, -0.05) is 0 Å². The fraction of sp³-hybridized carbons (Fsp3) is 1.00. The monoisotopic (exact) mass is 157 g/mol. The van der Waals surface area contributed by atoms with Crippen molar-refractivity contribution in [2.75, 3.05) is 6.54 Å². The van der Waals surface area contributed by atoms with Crippen molar-refractivity contribution in [3.05, 3.63) is 0 Å². The van der Waals surface area contributed by atoms with E-state index in [0.717, 1.165) is 25.3 Å². The standard InChI is InChI=1S/C9H19NO/c1-9(2,3)11-8-4-7(5-8)6-10/h7-8H,4-6,10H2,1-3H3. The predicted molar refractivity (Wildman–Crippen MR) is 46.4 cm³/mol. The molecule has 1 aliphatic carbocycles. The SMILES string of the molecule is CC(C)(C)OC1CC(CN)C1. The molecule has 0 saturated heterocycles. The lowest BCUT2D eigenvalue weighted by atomic mass is 9.82. The van der Waals surface area contributed by atoms with Gasteiger partial charge in [0.05, 0.1) is 11.7 Å². The first-order chi connectivity index (χ1) is 5.01. The highest BCUT2D eigenvalue weighted by molar-refractivity contribution is 4.82. The summed E-state index contributed by atoms with van der Waals surface area (Å²) in [6.07, 6.45) is 2.80. The van der Waals surface area contributed by atoms with Crippen LogP contribution in [-0.2, 0) is 4.74 Å². The van der Waals surface area contributed by atoms with Gasteiger partial charge in [0, 0.05) is 0 Å². The van der Waals surface area contributed by atoms with Crippen LogP contribution in [0.25, 0.3) is 0 Å². The number of ether oxygens (including phenoxy) is 1. The zero-order chi connectivity index (χ0) is 8.48. The van der Waals surface area contributed by atoms with E-state index in [9.17, 15) is 0 Å². The van der Waals surface area contributed by atoms with Crippen LogP contribution >= 0.6 is 0 Å². The van der Waals surface area contributed by atoms with Crippen LogP contribution in [0.5, 0.6) is 0 Å². The minimum absolute atomic E-state index is 0.0181. The van der Waals surface area contributed by atoms with E-state index >= 15 is 0 Å². The molecule has 0 unspecified atom stereocenters. The highest BCUT2D eigenvalue weighted by Gasteiger charge is 2.31. The summed E-state index contributed by atoms with van der Waals surface area (Å²) in [5, 5.41) is 0. The van der Waals surface area contributed by atoms with E-state index in [1.54, 1.807) is 0 Å². The third kappa shape index (κ3) is 2.80. The van der Waals surface area contributed by atoms with Gasteiger partial charge in [0.15, 0.2) is 0 Å². The lowest BCUT2D eigenvalue weighted by molar-refractivity contribution is -0.110. The van der Waals surface area contributed by atoms with Crippen molar-refractivity contribution in [3.8, 4) is 0 Å². The molecule has 0 spiro atoms. The van der Waals surface area contributed by atoms with Gasteiger partial charge in [0.25, 0.3) is 0 Å². The van der Waals surface area contributed by atoms with Gasteiger partial charge in [-0.15, -0.1) is 0 Å². The first kappa shape index (κ1) is 9.01. The van der Waals surface area contributed by atoms with Crippen molar-refractivity contribution >= 4 is 0 Å². The average molecular weight is 157 g/mol. The Morgan fingerprint density at radius 3 is 2.27 bits per heavy atom. The molecule has 2 nitrogen and oxygen atoms in total. The average Bonchev–Trinajstić information content (AvgIpc) is 1.75. The number of hydrogen-bond donors (Lipinski definition) is 1. The van der Waals surface area contributed by atoms with Crippen molar-refractivity contribution in [2.24, 2.45) is 11.7 Å². The molecule has 0 heterocycles. The smallest absolute Gasteiger partial charge is 0.0602 e. The second-order valence-electron chi connectivity index (χ2n) is 4.43. The van der Waals surface area contributed by atoms with E-state index in [4.69, 9.17) is 10.5 Å². The summed E-state index contributed by atoms with van der Waals surface area (Å²) < 4.78 is 5.75. The summed E-state index contributed by atoms with van der Waals surface area (Å²) in [5.74, 6) is 0.724. The molecule has 66 valence electrons. The minimum atomic E-state index is 0.0181. The fourth-order valence-corrected chi connectivity index (χ4v) is 1.46. The van der Waals surface area contributed by atoms with Gasteiger partial charge in [-0.05, 0) is 46.1 Å². The lowest BCUT2D eigenvalue weighted by Gasteiger charge is -2.38. The summed E-state index contributed by atoms with van der Waals surface area (Å²) in [4.78, 5) is 0. The maximum Gasteiger partial charge on any atom is 0.0602 e. The molecular formula is C9H19NO. The van der Waals surface area contributed by atoms with Crippen molar-refractivity contribution in [1.82, 2.24) is 0 Å². The molecule has 1 fully saturated rings. The molecule has 0 bridgehead atoms. The van der Waals surface area contributed by atoms with Gasteiger partial charge in [0.2, 0.25) is 0 Å². The largest absolute Gasteiger partial charge is 0.373 e. The van der Waals surface area contributed by atoms with Crippen LogP contribution in [0.3, 0.4) is 0 Å². The molecule has 11 heavy (non-hydrogen) atoms. The van der Waals surface area contributed by atoms with Crippen LogP contribution in [0.1, 0.15) is 33.6 Å². The van der Waals surface area contributed by atoms with Crippen molar-refractivity contribution in [2.45, 2.75) is 45.3 Å². The molecule has 2 heteroatoms. The van der Waals surface area contributed by atoms with Crippen LogP contribution in [0.4, 0.5) is 0 Å². The molecule has 0 amide bonds. The topological polar surface area (TPSA) is 35.2 Å². The van der Waals surface area contributed by atoms with E-state index < -0.39 is 0 Å². The van der Waals surface area contributed by atoms with Gasteiger partial charge in [-0.25, -0.2) is 0 Å². The molecule has 0 aliphatic heterocycles. The number of rotatable bonds is 2. The predicted octanol–water partition coefficient (Wildman–Crippen LogP) is 1.54. The van der Waals surface area contributed by atoms with E-state index in [1.165, 1.54) is 0 Å². The van der Waals surface area contributed by atoms with Crippen LogP contribution in [0.15, 0.2) is 0 Å². The maximum atomic E-state index is 5.75.